The van der Waals surface area contributed by atoms with Gasteiger partial charge in [-0.05, 0) is 36.4 Å². The van der Waals surface area contributed by atoms with Gasteiger partial charge in [-0.1, -0.05) is 13.8 Å². The Kier molecular flexibility index (Phi) is 6.63. The summed E-state index contributed by atoms with van der Waals surface area (Å²) in [5.41, 5.74) is 0.858. The Hall–Kier alpha value is -2.04. The van der Waals surface area contributed by atoms with Crippen molar-refractivity contribution in [2.45, 2.75) is 31.2 Å². The maximum atomic E-state index is 13.0. The maximum absolute atomic E-state index is 13.0. The summed E-state index contributed by atoms with van der Waals surface area (Å²) in [6.45, 7) is 7.22. The Morgan fingerprint density at radius 1 is 1.18 bits per heavy atom. The molecule has 0 N–H and O–H groups in total. The lowest BCUT2D eigenvalue weighted by Crippen LogP contribution is -2.54. The van der Waals surface area contributed by atoms with Gasteiger partial charge in [0.15, 0.2) is 0 Å². The lowest BCUT2D eigenvalue weighted by molar-refractivity contribution is -0.137. The molecule has 28 heavy (non-hydrogen) atoms. The molecule has 2 fully saturated rings. The lowest BCUT2D eigenvalue weighted by atomic mass is 10.0. The SMILES string of the molecule is CSc1ccc(N2CC(C(=O)N3CCN(C(C#N)C(C)C)CC3)CC2=O)cc1. The molecule has 6 nitrogen and oxygen atoms in total. The van der Waals surface area contributed by atoms with E-state index in [0.717, 1.165) is 10.6 Å². The number of nitriles is 1. The van der Waals surface area contributed by atoms with Crippen molar-refractivity contribution in [3.63, 3.8) is 0 Å². The molecule has 2 atom stereocenters. The van der Waals surface area contributed by atoms with E-state index in [1.54, 1.807) is 16.7 Å². The minimum Gasteiger partial charge on any atom is -0.340 e. The van der Waals surface area contributed by atoms with E-state index >= 15 is 0 Å². The number of hydrogen-bond acceptors (Lipinski definition) is 5. The molecule has 2 saturated heterocycles. The summed E-state index contributed by atoms with van der Waals surface area (Å²) in [6.07, 6.45) is 2.29. The maximum Gasteiger partial charge on any atom is 0.228 e. The summed E-state index contributed by atoms with van der Waals surface area (Å²) in [7, 11) is 0. The van der Waals surface area contributed by atoms with Crippen LogP contribution in [0.5, 0.6) is 0 Å². The second kappa shape index (κ2) is 8.97. The van der Waals surface area contributed by atoms with Gasteiger partial charge in [0.25, 0.3) is 0 Å². The molecule has 2 unspecified atom stereocenters. The van der Waals surface area contributed by atoms with E-state index in [1.807, 2.05) is 35.4 Å². The first-order valence-electron chi connectivity index (χ1n) is 9.81. The molecule has 1 aromatic rings. The third-order valence-electron chi connectivity index (χ3n) is 5.64. The fourth-order valence-electron chi connectivity index (χ4n) is 4.02. The largest absolute Gasteiger partial charge is 0.340 e. The zero-order valence-electron chi connectivity index (χ0n) is 16.8. The van der Waals surface area contributed by atoms with Gasteiger partial charge in [-0.3, -0.25) is 14.5 Å². The van der Waals surface area contributed by atoms with Crippen LogP contribution < -0.4 is 4.90 Å². The highest BCUT2D eigenvalue weighted by atomic mass is 32.2. The van der Waals surface area contributed by atoms with Crippen LogP contribution in [0.4, 0.5) is 5.69 Å². The van der Waals surface area contributed by atoms with Crippen LogP contribution in [0.15, 0.2) is 29.2 Å². The molecular formula is C21H28N4O2S. The van der Waals surface area contributed by atoms with Gasteiger partial charge in [-0.25, -0.2) is 0 Å². The second-order valence-corrected chi connectivity index (χ2v) is 8.66. The number of carbonyl (C=O) groups excluding carboxylic acids is 2. The molecule has 0 aliphatic carbocycles. The Labute approximate surface area is 171 Å². The van der Waals surface area contributed by atoms with Crippen LogP contribution in [-0.2, 0) is 9.59 Å². The van der Waals surface area contributed by atoms with Crippen molar-refractivity contribution in [1.82, 2.24) is 9.80 Å². The number of carbonyl (C=O) groups is 2. The van der Waals surface area contributed by atoms with Crippen LogP contribution in [0.1, 0.15) is 20.3 Å². The van der Waals surface area contributed by atoms with E-state index < -0.39 is 0 Å². The van der Waals surface area contributed by atoms with E-state index in [0.29, 0.717) is 32.7 Å². The zero-order chi connectivity index (χ0) is 20.3. The van der Waals surface area contributed by atoms with Crippen molar-refractivity contribution < 1.29 is 9.59 Å². The van der Waals surface area contributed by atoms with Gasteiger partial charge in [0.1, 0.15) is 6.04 Å². The molecule has 2 aliphatic heterocycles. The van der Waals surface area contributed by atoms with Crippen molar-refractivity contribution in [2.24, 2.45) is 11.8 Å². The predicted molar refractivity (Wildman–Crippen MR) is 111 cm³/mol. The predicted octanol–water partition coefficient (Wildman–Crippen LogP) is 2.45. The average Bonchev–Trinajstić information content (AvgIpc) is 3.10. The molecule has 150 valence electrons. The average molecular weight is 401 g/mol. The van der Waals surface area contributed by atoms with Gasteiger partial charge in [-0.15, -0.1) is 11.8 Å². The highest BCUT2D eigenvalue weighted by Gasteiger charge is 2.38. The molecule has 0 bridgehead atoms. The minimum atomic E-state index is -0.281. The van der Waals surface area contributed by atoms with E-state index in [1.165, 1.54) is 0 Å². The normalized spacial score (nSPS) is 21.8. The standard InChI is InChI=1S/C21H28N4O2S/c1-15(2)19(13-22)23-8-10-24(11-9-23)21(27)16-12-20(26)25(14-16)17-4-6-18(28-3)7-5-17/h4-7,15-16,19H,8-12,14H2,1-3H3. The highest BCUT2D eigenvalue weighted by Crippen LogP contribution is 2.28. The van der Waals surface area contributed by atoms with Gasteiger partial charge < -0.3 is 9.80 Å². The Morgan fingerprint density at radius 2 is 1.82 bits per heavy atom. The third-order valence-corrected chi connectivity index (χ3v) is 6.39. The van der Waals surface area contributed by atoms with Crippen molar-refractivity contribution in [2.75, 3.05) is 43.9 Å². The highest BCUT2D eigenvalue weighted by molar-refractivity contribution is 7.98. The summed E-state index contributed by atoms with van der Waals surface area (Å²) in [5, 5.41) is 9.38. The summed E-state index contributed by atoms with van der Waals surface area (Å²) < 4.78 is 0. The molecule has 3 rings (SSSR count). The van der Waals surface area contributed by atoms with Gasteiger partial charge in [0.2, 0.25) is 11.8 Å². The first-order valence-corrected chi connectivity index (χ1v) is 11.0. The molecule has 0 spiro atoms. The molecule has 0 aromatic heterocycles. The molecule has 2 aliphatic rings. The number of thioether (sulfide) groups is 1. The Morgan fingerprint density at radius 3 is 2.36 bits per heavy atom. The number of amides is 2. The van der Waals surface area contributed by atoms with Crippen LogP contribution in [-0.4, -0.2) is 66.6 Å². The van der Waals surface area contributed by atoms with Crippen molar-refractivity contribution in [3.8, 4) is 6.07 Å². The van der Waals surface area contributed by atoms with Crippen LogP contribution >= 0.6 is 11.8 Å². The van der Waals surface area contributed by atoms with Crippen LogP contribution in [0.2, 0.25) is 0 Å². The fraction of sp³-hybridized carbons (Fsp3) is 0.571. The molecule has 7 heteroatoms. The first-order chi connectivity index (χ1) is 13.4. The number of nitrogens with zero attached hydrogens (tertiary/aromatic N) is 4. The Balaban J connectivity index is 1.58. The zero-order valence-corrected chi connectivity index (χ0v) is 17.6. The van der Waals surface area contributed by atoms with E-state index in [4.69, 9.17) is 0 Å². The summed E-state index contributed by atoms with van der Waals surface area (Å²) in [4.78, 5) is 32.4. The van der Waals surface area contributed by atoms with Gasteiger partial charge in [-0.2, -0.15) is 5.26 Å². The number of benzene rings is 1. The van der Waals surface area contributed by atoms with Gasteiger partial charge in [0.05, 0.1) is 12.0 Å². The van der Waals surface area contributed by atoms with Crippen LogP contribution in [0, 0.1) is 23.2 Å². The van der Waals surface area contributed by atoms with Crippen molar-refractivity contribution in [3.05, 3.63) is 24.3 Å². The number of rotatable bonds is 5. The molecule has 0 radical (unpaired) electrons. The van der Waals surface area contributed by atoms with E-state index in [2.05, 4.69) is 24.8 Å². The molecule has 2 heterocycles. The quantitative estimate of drug-likeness (QED) is 0.710. The van der Waals surface area contributed by atoms with Crippen molar-refractivity contribution >= 4 is 29.3 Å². The van der Waals surface area contributed by atoms with Crippen LogP contribution in [0.3, 0.4) is 0 Å². The number of hydrogen-bond donors (Lipinski definition) is 0. The number of anilines is 1. The van der Waals surface area contributed by atoms with E-state index in [-0.39, 0.29) is 36.1 Å². The second-order valence-electron chi connectivity index (χ2n) is 7.78. The van der Waals surface area contributed by atoms with E-state index in [9.17, 15) is 14.9 Å². The topological polar surface area (TPSA) is 67.7 Å². The molecular weight excluding hydrogens is 372 g/mol. The minimum absolute atomic E-state index is 0.0123. The molecule has 1 aromatic carbocycles. The summed E-state index contributed by atoms with van der Waals surface area (Å²) in [5.74, 6) is 0.0643. The third kappa shape index (κ3) is 4.34. The fourth-order valence-corrected chi connectivity index (χ4v) is 4.42. The van der Waals surface area contributed by atoms with Crippen LogP contribution in [0.25, 0.3) is 0 Å². The molecule has 0 saturated carbocycles. The monoisotopic (exact) mass is 400 g/mol. The van der Waals surface area contributed by atoms with Crippen molar-refractivity contribution in [1.29, 1.82) is 5.26 Å². The van der Waals surface area contributed by atoms with Gasteiger partial charge in [0, 0.05) is 49.7 Å². The summed E-state index contributed by atoms with van der Waals surface area (Å²) in [6, 6.07) is 10.2. The molecule has 2 amide bonds. The lowest BCUT2D eigenvalue weighted by Gasteiger charge is -2.38. The smallest absolute Gasteiger partial charge is 0.228 e. The first kappa shape index (κ1) is 20.7. The van der Waals surface area contributed by atoms with Gasteiger partial charge >= 0.3 is 0 Å². The Bertz CT molecular complexity index is 751. The summed E-state index contributed by atoms with van der Waals surface area (Å²) >= 11 is 1.66. The number of piperazine rings is 1.